The lowest BCUT2D eigenvalue weighted by molar-refractivity contribution is -0.161. The van der Waals surface area contributed by atoms with Gasteiger partial charge < -0.3 is 33.8 Å². The molecule has 0 aliphatic carbocycles. The van der Waals surface area contributed by atoms with E-state index in [1.54, 1.807) is 0 Å². The van der Waals surface area contributed by atoms with Gasteiger partial charge in [0.25, 0.3) is 0 Å². The van der Waals surface area contributed by atoms with E-state index in [1.165, 1.54) is 122 Å². The van der Waals surface area contributed by atoms with Gasteiger partial charge in [-0.1, -0.05) is 259 Å². The number of ether oxygens (including phenoxy) is 4. The molecule has 0 aromatic rings. The van der Waals surface area contributed by atoms with E-state index in [9.17, 15) is 43.2 Å². The number of carbonyl (C=O) groups excluding carboxylic acids is 4. The highest BCUT2D eigenvalue weighted by molar-refractivity contribution is 7.47. The predicted molar refractivity (Wildman–Crippen MR) is 322 cm³/mol. The fraction of sp³-hybridized carbons (Fsp3) is 0.935. The molecule has 0 saturated carbocycles. The van der Waals surface area contributed by atoms with Crippen LogP contribution in [0.2, 0.25) is 0 Å². The summed E-state index contributed by atoms with van der Waals surface area (Å²) in [5.41, 5.74) is 0. The molecule has 0 fully saturated rings. The maximum Gasteiger partial charge on any atom is 0.472 e. The number of phosphoric ester groups is 2. The Balaban J connectivity index is 5.21. The maximum atomic E-state index is 13.0. The molecular formula is C62H120O17P2. The molecule has 0 aromatic carbocycles. The Kier molecular flexibility index (Phi) is 54.6. The second kappa shape index (κ2) is 55.9. The summed E-state index contributed by atoms with van der Waals surface area (Å²) in [4.78, 5) is 72.0. The average Bonchev–Trinajstić information content (AvgIpc) is 3.43. The Morgan fingerprint density at radius 3 is 0.840 bits per heavy atom. The third-order valence-corrected chi connectivity index (χ3v) is 16.2. The molecule has 2 unspecified atom stereocenters. The molecule has 0 spiro atoms. The summed E-state index contributed by atoms with van der Waals surface area (Å²) in [6.07, 6.45) is 39.0. The minimum atomic E-state index is -4.94. The number of esters is 4. The summed E-state index contributed by atoms with van der Waals surface area (Å²) < 4.78 is 67.8. The topological polar surface area (TPSA) is 237 Å². The molecule has 0 aromatic heterocycles. The van der Waals surface area contributed by atoms with Crippen molar-refractivity contribution < 1.29 is 80.2 Å². The fourth-order valence-electron chi connectivity index (χ4n) is 9.23. The van der Waals surface area contributed by atoms with Crippen molar-refractivity contribution in [1.82, 2.24) is 0 Å². The SMILES string of the molecule is CCCCCCCCCCCCCCCCC(=O)O[C@H](COC(=O)CCCCCCCCCCC(C)C)COP(=O)(O)OC[C@@H](O)COP(=O)(O)OC[C@@H](COC(=O)CCCCCCCCC)OC(=O)CCCCCCCCCCC. The molecule has 81 heavy (non-hydrogen) atoms. The molecule has 0 rings (SSSR count). The maximum absolute atomic E-state index is 13.0. The van der Waals surface area contributed by atoms with Crippen LogP contribution < -0.4 is 0 Å². The van der Waals surface area contributed by atoms with Crippen LogP contribution in [0.4, 0.5) is 0 Å². The van der Waals surface area contributed by atoms with Gasteiger partial charge in [0.2, 0.25) is 0 Å². The van der Waals surface area contributed by atoms with Gasteiger partial charge in [0.05, 0.1) is 26.4 Å². The summed E-state index contributed by atoms with van der Waals surface area (Å²) >= 11 is 0. The van der Waals surface area contributed by atoms with Gasteiger partial charge in [-0.2, -0.15) is 0 Å². The van der Waals surface area contributed by atoms with E-state index in [4.69, 9.17) is 37.0 Å². The van der Waals surface area contributed by atoms with Gasteiger partial charge in [-0.15, -0.1) is 0 Å². The van der Waals surface area contributed by atoms with Crippen molar-refractivity contribution in [3.8, 4) is 0 Å². The van der Waals surface area contributed by atoms with Crippen LogP contribution in [0, 0.1) is 5.92 Å². The summed E-state index contributed by atoms with van der Waals surface area (Å²) in [6, 6.07) is 0. The molecule has 5 atom stereocenters. The van der Waals surface area contributed by atoms with Crippen LogP contribution in [-0.2, 0) is 65.4 Å². The highest BCUT2D eigenvalue weighted by atomic mass is 31.2. The Labute approximate surface area is 492 Å². The van der Waals surface area contributed by atoms with E-state index >= 15 is 0 Å². The van der Waals surface area contributed by atoms with Crippen molar-refractivity contribution in [2.75, 3.05) is 39.6 Å². The molecule has 0 bridgehead atoms. The van der Waals surface area contributed by atoms with E-state index in [0.29, 0.717) is 25.7 Å². The van der Waals surface area contributed by atoms with E-state index in [1.807, 2.05) is 0 Å². The first-order valence-electron chi connectivity index (χ1n) is 32.6. The largest absolute Gasteiger partial charge is 0.472 e. The number of hydrogen-bond donors (Lipinski definition) is 3. The Hall–Kier alpha value is -1.94. The highest BCUT2D eigenvalue weighted by Crippen LogP contribution is 2.45. The monoisotopic (exact) mass is 1200 g/mol. The summed E-state index contributed by atoms with van der Waals surface area (Å²) in [5, 5.41) is 10.5. The van der Waals surface area contributed by atoms with Crippen LogP contribution in [-0.4, -0.2) is 96.7 Å². The quantitative estimate of drug-likeness (QED) is 0.0222. The van der Waals surface area contributed by atoms with Crippen molar-refractivity contribution >= 4 is 39.5 Å². The van der Waals surface area contributed by atoms with Crippen molar-refractivity contribution in [3.63, 3.8) is 0 Å². The molecule has 480 valence electrons. The Bertz CT molecular complexity index is 1580. The molecule has 0 saturated heterocycles. The first-order chi connectivity index (χ1) is 39.0. The molecule has 0 radical (unpaired) electrons. The third-order valence-electron chi connectivity index (χ3n) is 14.3. The van der Waals surface area contributed by atoms with Gasteiger partial charge in [0.15, 0.2) is 12.2 Å². The number of rotatable bonds is 62. The van der Waals surface area contributed by atoms with Crippen LogP contribution in [0.3, 0.4) is 0 Å². The lowest BCUT2D eigenvalue weighted by Gasteiger charge is -2.21. The second-order valence-corrected chi connectivity index (χ2v) is 25.8. The zero-order valence-electron chi connectivity index (χ0n) is 51.9. The van der Waals surface area contributed by atoms with Crippen LogP contribution in [0.1, 0.15) is 311 Å². The first-order valence-corrected chi connectivity index (χ1v) is 35.6. The van der Waals surface area contributed by atoms with Crippen molar-refractivity contribution in [2.45, 2.75) is 329 Å². The zero-order valence-corrected chi connectivity index (χ0v) is 53.7. The molecule has 3 N–H and O–H groups in total. The fourth-order valence-corrected chi connectivity index (χ4v) is 10.8. The smallest absolute Gasteiger partial charge is 0.462 e. The number of aliphatic hydroxyl groups is 1. The van der Waals surface area contributed by atoms with Gasteiger partial charge >= 0.3 is 39.5 Å². The van der Waals surface area contributed by atoms with Gasteiger partial charge in [-0.25, -0.2) is 9.13 Å². The second-order valence-electron chi connectivity index (χ2n) is 22.9. The van der Waals surface area contributed by atoms with E-state index < -0.39 is 97.5 Å². The summed E-state index contributed by atoms with van der Waals surface area (Å²) in [7, 11) is -9.88. The van der Waals surface area contributed by atoms with Crippen LogP contribution in [0.25, 0.3) is 0 Å². The van der Waals surface area contributed by atoms with Crippen molar-refractivity contribution in [1.29, 1.82) is 0 Å². The number of hydrogen-bond acceptors (Lipinski definition) is 15. The van der Waals surface area contributed by atoms with Gasteiger partial charge in [-0.05, 0) is 31.6 Å². The predicted octanol–water partition coefficient (Wildman–Crippen LogP) is 17.0. The van der Waals surface area contributed by atoms with Gasteiger partial charge in [0, 0.05) is 25.7 Å². The summed E-state index contributed by atoms with van der Waals surface area (Å²) in [6.45, 7) is 7.09. The van der Waals surface area contributed by atoms with E-state index in [-0.39, 0.29) is 25.7 Å². The van der Waals surface area contributed by atoms with Gasteiger partial charge in [0.1, 0.15) is 19.3 Å². The number of carbonyl (C=O) groups is 4. The van der Waals surface area contributed by atoms with E-state index in [2.05, 4.69) is 34.6 Å². The minimum absolute atomic E-state index is 0.105. The molecule has 17 nitrogen and oxygen atoms in total. The standard InChI is InChI=1S/C62H120O17P2/c1-6-9-12-15-18-20-21-22-23-24-26-33-38-43-48-62(67)79-58(52-73-60(65)46-41-36-31-28-27-30-34-39-44-55(4)5)54-77-81(70,71)75-50-56(63)49-74-80(68,69)76-53-57(51-72-59(64)45-40-35-29-17-14-11-8-3)78-61(66)47-42-37-32-25-19-16-13-10-7-2/h55-58,63H,6-54H2,1-5H3,(H,68,69)(H,70,71)/t56-,57+,58+/m0/s1. The summed E-state index contributed by atoms with van der Waals surface area (Å²) in [5.74, 6) is -1.41. The molecule has 19 heteroatoms. The highest BCUT2D eigenvalue weighted by Gasteiger charge is 2.30. The molecule has 0 aliphatic rings. The number of aliphatic hydroxyl groups excluding tert-OH is 1. The molecule has 0 aliphatic heterocycles. The van der Waals surface area contributed by atoms with Crippen LogP contribution in [0.5, 0.6) is 0 Å². The normalized spacial score (nSPS) is 14.3. The molecular weight excluding hydrogens is 1080 g/mol. The van der Waals surface area contributed by atoms with Crippen molar-refractivity contribution in [2.24, 2.45) is 5.92 Å². The number of phosphoric acid groups is 2. The lowest BCUT2D eigenvalue weighted by Crippen LogP contribution is -2.30. The first kappa shape index (κ1) is 79.1. The Morgan fingerprint density at radius 1 is 0.333 bits per heavy atom. The zero-order chi connectivity index (χ0) is 59.9. The number of unbranched alkanes of at least 4 members (excludes halogenated alkanes) is 34. The minimum Gasteiger partial charge on any atom is -0.462 e. The third kappa shape index (κ3) is 56.9. The van der Waals surface area contributed by atoms with E-state index in [0.717, 1.165) is 109 Å². The molecule has 0 heterocycles. The average molecular weight is 1200 g/mol. The van der Waals surface area contributed by atoms with Crippen LogP contribution >= 0.6 is 15.6 Å². The van der Waals surface area contributed by atoms with Crippen LogP contribution in [0.15, 0.2) is 0 Å². The lowest BCUT2D eigenvalue weighted by atomic mass is 10.0. The van der Waals surface area contributed by atoms with Crippen molar-refractivity contribution in [3.05, 3.63) is 0 Å². The Morgan fingerprint density at radius 2 is 0.568 bits per heavy atom. The molecule has 0 amide bonds. The van der Waals surface area contributed by atoms with Gasteiger partial charge in [-0.3, -0.25) is 37.3 Å².